The maximum Gasteiger partial charge on any atom is 0.205 e. The molecule has 3 aliphatic rings. The van der Waals surface area contributed by atoms with Crippen LogP contribution in [0.1, 0.15) is 19.3 Å². The van der Waals surface area contributed by atoms with Crippen molar-refractivity contribution in [2.75, 3.05) is 0 Å². The first kappa shape index (κ1) is 6.77. The lowest BCUT2D eigenvalue weighted by Crippen LogP contribution is -2.28. The standard InChI is InChI=1S/C9H10O2/c10-8-6-2-1-3-7(5-4-6)9(8)11/h4-7H,1-3H2. The number of carbonyl (C=O) groups excluding carboxylic acids is 2. The monoisotopic (exact) mass is 150 g/mol. The van der Waals surface area contributed by atoms with E-state index in [-0.39, 0.29) is 23.4 Å². The average molecular weight is 150 g/mol. The highest BCUT2D eigenvalue weighted by atomic mass is 16.2. The predicted molar refractivity (Wildman–Crippen MR) is 40.0 cm³/mol. The highest BCUT2D eigenvalue weighted by Crippen LogP contribution is 2.29. The van der Waals surface area contributed by atoms with Crippen LogP contribution in [0.4, 0.5) is 0 Å². The highest BCUT2D eigenvalue weighted by Gasteiger charge is 2.34. The van der Waals surface area contributed by atoms with Crippen molar-refractivity contribution in [3.05, 3.63) is 12.2 Å². The van der Waals surface area contributed by atoms with Gasteiger partial charge >= 0.3 is 0 Å². The summed E-state index contributed by atoms with van der Waals surface area (Å²) in [6, 6.07) is 0. The minimum absolute atomic E-state index is 0.0822. The molecule has 1 saturated carbocycles. The van der Waals surface area contributed by atoms with Crippen molar-refractivity contribution in [1.29, 1.82) is 0 Å². The van der Waals surface area contributed by atoms with Gasteiger partial charge in [-0.2, -0.15) is 0 Å². The third-order valence-electron chi connectivity index (χ3n) is 2.52. The van der Waals surface area contributed by atoms with E-state index in [1.165, 1.54) is 0 Å². The van der Waals surface area contributed by atoms with E-state index >= 15 is 0 Å². The molecule has 1 fully saturated rings. The van der Waals surface area contributed by atoms with Gasteiger partial charge in [0.15, 0.2) is 0 Å². The van der Waals surface area contributed by atoms with Gasteiger partial charge < -0.3 is 0 Å². The summed E-state index contributed by atoms with van der Waals surface area (Å²) in [6.07, 6.45) is 6.57. The largest absolute Gasteiger partial charge is 0.290 e. The second-order valence-corrected chi connectivity index (χ2v) is 3.26. The van der Waals surface area contributed by atoms with Crippen molar-refractivity contribution in [3.63, 3.8) is 0 Å². The Morgan fingerprint density at radius 1 is 1.00 bits per heavy atom. The van der Waals surface area contributed by atoms with Crippen LogP contribution < -0.4 is 0 Å². The molecule has 0 amide bonds. The van der Waals surface area contributed by atoms with E-state index in [0.717, 1.165) is 19.3 Å². The van der Waals surface area contributed by atoms with Crippen molar-refractivity contribution in [2.45, 2.75) is 19.3 Å². The van der Waals surface area contributed by atoms with Crippen LogP contribution >= 0.6 is 0 Å². The van der Waals surface area contributed by atoms with Crippen molar-refractivity contribution >= 4 is 11.6 Å². The Morgan fingerprint density at radius 3 is 1.91 bits per heavy atom. The summed E-state index contributed by atoms with van der Waals surface area (Å²) in [7, 11) is 0. The smallest absolute Gasteiger partial charge is 0.205 e. The molecule has 2 atom stereocenters. The van der Waals surface area contributed by atoms with Gasteiger partial charge in [-0.05, 0) is 12.8 Å². The number of ketones is 2. The number of rotatable bonds is 0. The average Bonchev–Trinajstić information content (AvgIpc) is 2.30. The van der Waals surface area contributed by atoms with Crippen LogP contribution in [-0.4, -0.2) is 11.6 Å². The van der Waals surface area contributed by atoms with Gasteiger partial charge in [-0.3, -0.25) is 9.59 Å². The van der Waals surface area contributed by atoms with Crippen LogP contribution in [0.15, 0.2) is 12.2 Å². The lowest BCUT2D eigenvalue weighted by Gasteiger charge is -2.12. The molecular formula is C9H10O2. The number of fused-ring (bicyclic) bond motifs is 3. The van der Waals surface area contributed by atoms with E-state index in [1.54, 1.807) is 0 Å². The minimum atomic E-state index is -0.157. The Hall–Kier alpha value is -0.920. The lowest BCUT2D eigenvalue weighted by molar-refractivity contribution is -0.139. The lowest BCUT2D eigenvalue weighted by atomic mass is 9.88. The fourth-order valence-electron chi connectivity index (χ4n) is 1.82. The second kappa shape index (κ2) is 2.29. The molecule has 0 spiro atoms. The molecule has 0 N–H and O–H groups in total. The summed E-state index contributed by atoms with van der Waals surface area (Å²) < 4.78 is 0. The van der Waals surface area contributed by atoms with Crippen LogP contribution in [0.2, 0.25) is 0 Å². The van der Waals surface area contributed by atoms with Crippen molar-refractivity contribution in [2.24, 2.45) is 11.8 Å². The predicted octanol–water partition coefficient (Wildman–Crippen LogP) is 1.11. The van der Waals surface area contributed by atoms with Gasteiger partial charge in [0, 0.05) is 11.8 Å². The molecule has 2 unspecified atom stereocenters. The molecule has 0 radical (unpaired) electrons. The van der Waals surface area contributed by atoms with E-state index in [4.69, 9.17) is 0 Å². The van der Waals surface area contributed by atoms with Crippen LogP contribution in [-0.2, 0) is 9.59 Å². The molecule has 0 aliphatic heterocycles. The zero-order valence-corrected chi connectivity index (χ0v) is 6.25. The van der Waals surface area contributed by atoms with Gasteiger partial charge in [0.1, 0.15) is 0 Å². The summed E-state index contributed by atoms with van der Waals surface area (Å²) in [4.78, 5) is 22.4. The van der Waals surface area contributed by atoms with Crippen molar-refractivity contribution < 1.29 is 9.59 Å². The zero-order chi connectivity index (χ0) is 7.84. The van der Waals surface area contributed by atoms with Gasteiger partial charge in [-0.15, -0.1) is 0 Å². The Morgan fingerprint density at radius 2 is 1.45 bits per heavy atom. The number of allylic oxidation sites excluding steroid dienone is 2. The molecule has 0 heterocycles. The van der Waals surface area contributed by atoms with Crippen LogP contribution in [0.25, 0.3) is 0 Å². The number of hydrogen-bond acceptors (Lipinski definition) is 2. The summed E-state index contributed by atoms with van der Waals surface area (Å²) in [5.41, 5.74) is 0. The second-order valence-electron chi connectivity index (χ2n) is 3.26. The Kier molecular flexibility index (Phi) is 1.41. The maximum atomic E-state index is 11.2. The molecule has 11 heavy (non-hydrogen) atoms. The van der Waals surface area contributed by atoms with E-state index < -0.39 is 0 Å². The number of hydrogen-bond donors (Lipinski definition) is 0. The van der Waals surface area contributed by atoms with E-state index in [1.807, 2.05) is 12.2 Å². The van der Waals surface area contributed by atoms with Crippen LogP contribution in [0.5, 0.6) is 0 Å². The Bertz CT molecular complexity index is 216. The molecule has 2 nitrogen and oxygen atoms in total. The summed E-state index contributed by atoms with van der Waals surface area (Å²) in [5, 5.41) is 0. The maximum absolute atomic E-state index is 11.2. The quantitative estimate of drug-likeness (QED) is 0.383. The Labute approximate surface area is 65.3 Å². The van der Waals surface area contributed by atoms with Crippen LogP contribution in [0.3, 0.4) is 0 Å². The SMILES string of the molecule is O=C1C(=O)C2C=CC1CCC2. The number of carbonyl (C=O) groups is 2. The number of Topliss-reactive ketones (excluding diaryl/α,β-unsaturated/α-hetero) is 2. The highest BCUT2D eigenvalue weighted by molar-refractivity contribution is 6.40. The molecule has 2 heteroatoms. The normalized spacial score (nSPS) is 36.0. The van der Waals surface area contributed by atoms with Gasteiger partial charge in [-0.25, -0.2) is 0 Å². The molecule has 0 aromatic carbocycles. The summed E-state index contributed by atoms with van der Waals surface area (Å²) in [6.45, 7) is 0. The van der Waals surface area contributed by atoms with E-state index in [0.29, 0.717) is 0 Å². The van der Waals surface area contributed by atoms with Crippen molar-refractivity contribution in [3.8, 4) is 0 Å². The molecule has 3 rings (SSSR count). The third kappa shape index (κ3) is 0.934. The molecule has 0 aromatic heterocycles. The first-order chi connectivity index (χ1) is 5.29. The van der Waals surface area contributed by atoms with E-state index in [9.17, 15) is 9.59 Å². The fourth-order valence-corrected chi connectivity index (χ4v) is 1.82. The minimum Gasteiger partial charge on any atom is -0.290 e. The van der Waals surface area contributed by atoms with Crippen molar-refractivity contribution in [1.82, 2.24) is 0 Å². The van der Waals surface area contributed by atoms with Gasteiger partial charge in [0.25, 0.3) is 0 Å². The fraction of sp³-hybridized carbons (Fsp3) is 0.556. The molecule has 58 valence electrons. The molecule has 0 saturated heterocycles. The van der Waals surface area contributed by atoms with Gasteiger partial charge in [-0.1, -0.05) is 18.6 Å². The molecular weight excluding hydrogens is 140 g/mol. The first-order valence-corrected chi connectivity index (χ1v) is 4.05. The summed E-state index contributed by atoms with van der Waals surface area (Å²) in [5.74, 6) is -0.479. The Balaban J connectivity index is 2.39. The molecule has 0 aromatic rings. The van der Waals surface area contributed by atoms with Gasteiger partial charge in [0.05, 0.1) is 0 Å². The third-order valence-corrected chi connectivity index (χ3v) is 2.52. The molecule has 3 aliphatic carbocycles. The van der Waals surface area contributed by atoms with Gasteiger partial charge in [0.2, 0.25) is 11.6 Å². The summed E-state index contributed by atoms with van der Waals surface area (Å²) >= 11 is 0. The molecule has 2 bridgehead atoms. The topological polar surface area (TPSA) is 34.1 Å². The first-order valence-electron chi connectivity index (χ1n) is 4.05. The zero-order valence-electron chi connectivity index (χ0n) is 6.25. The van der Waals surface area contributed by atoms with Crippen LogP contribution in [0, 0.1) is 11.8 Å². The van der Waals surface area contributed by atoms with E-state index in [2.05, 4.69) is 0 Å².